The van der Waals surface area contributed by atoms with E-state index in [9.17, 15) is 0 Å². The summed E-state index contributed by atoms with van der Waals surface area (Å²) in [7, 11) is 0. The lowest BCUT2D eigenvalue weighted by Gasteiger charge is -2.09. The number of aromatic nitrogens is 1. The van der Waals surface area contributed by atoms with Crippen molar-refractivity contribution in [3.05, 3.63) is 41.4 Å². The number of ether oxygens (including phenoxy) is 1. The van der Waals surface area contributed by atoms with Gasteiger partial charge < -0.3 is 14.5 Å². The van der Waals surface area contributed by atoms with E-state index in [1.165, 1.54) is 0 Å². The minimum atomic E-state index is 0.387. The maximum atomic E-state index is 5.69. The molecule has 0 atom stereocenters. The fourth-order valence-electron chi connectivity index (χ4n) is 1.41. The maximum absolute atomic E-state index is 5.69. The van der Waals surface area contributed by atoms with E-state index in [2.05, 4.69) is 10.3 Å². The van der Waals surface area contributed by atoms with E-state index in [4.69, 9.17) is 20.8 Å². The average molecular weight is 253 g/mol. The number of pyridine rings is 1. The van der Waals surface area contributed by atoms with Crippen molar-refractivity contribution in [1.82, 2.24) is 4.98 Å². The van der Waals surface area contributed by atoms with Gasteiger partial charge >= 0.3 is 0 Å². The molecule has 2 rings (SSSR count). The number of furan rings is 1. The zero-order valence-electron chi connectivity index (χ0n) is 9.44. The molecule has 0 saturated carbocycles. The Morgan fingerprint density at radius 1 is 1.41 bits per heavy atom. The van der Waals surface area contributed by atoms with Gasteiger partial charge in [-0.25, -0.2) is 4.98 Å². The van der Waals surface area contributed by atoms with E-state index in [-0.39, 0.29) is 0 Å². The molecule has 4 nitrogen and oxygen atoms in total. The molecular weight excluding hydrogens is 240 g/mol. The van der Waals surface area contributed by atoms with Crippen LogP contribution in [0.1, 0.15) is 12.7 Å². The summed E-state index contributed by atoms with van der Waals surface area (Å²) in [6.07, 6.45) is 1.69. The van der Waals surface area contributed by atoms with E-state index in [1.54, 1.807) is 12.3 Å². The number of hydrogen-bond donors (Lipinski definition) is 1. The number of nitrogens with one attached hydrogen (secondary N) is 1. The Morgan fingerprint density at radius 2 is 2.29 bits per heavy atom. The molecule has 0 amide bonds. The molecule has 0 aromatic carbocycles. The van der Waals surface area contributed by atoms with Crippen LogP contribution in [0.4, 0.5) is 5.69 Å². The standard InChI is InChI=1S/C12H13ClN2O2/c1-2-16-12-10(4-3-7-14-12)15-8-9-5-6-11(13)17-9/h3-7,15H,2,8H2,1H3. The van der Waals surface area contributed by atoms with E-state index >= 15 is 0 Å². The Labute approximate surface area is 105 Å². The molecule has 5 heteroatoms. The number of hydrogen-bond acceptors (Lipinski definition) is 4. The van der Waals surface area contributed by atoms with Crippen molar-refractivity contribution in [2.45, 2.75) is 13.5 Å². The Bertz CT molecular complexity index is 485. The predicted octanol–water partition coefficient (Wildman–Crippen LogP) is 3.34. The van der Waals surface area contributed by atoms with Crippen molar-refractivity contribution >= 4 is 17.3 Å². The van der Waals surface area contributed by atoms with Crippen LogP contribution in [0, 0.1) is 0 Å². The smallest absolute Gasteiger partial charge is 0.237 e. The SMILES string of the molecule is CCOc1ncccc1NCc1ccc(Cl)o1. The zero-order valence-corrected chi connectivity index (χ0v) is 10.2. The van der Waals surface area contributed by atoms with Crippen molar-refractivity contribution in [3.63, 3.8) is 0 Å². The molecule has 0 spiro atoms. The van der Waals surface area contributed by atoms with Crippen LogP contribution in [-0.4, -0.2) is 11.6 Å². The minimum Gasteiger partial charge on any atom is -0.476 e. The molecule has 0 fully saturated rings. The summed E-state index contributed by atoms with van der Waals surface area (Å²) in [5.41, 5.74) is 0.835. The lowest BCUT2D eigenvalue weighted by molar-refractivity contribution is 0.328. The molecule has 0 aliphatic heterocycles. The van der Waals surface area contributed by atoms with Crippen LogP contribution in [-0.2, 0) is 6.54 Å². The van der Waals surface area contributed by atoms with Crippen molar-refractivity contribution in [1.29, 1.82) is 0 Å². The Morgan fingerprint density at radius 3 is 3.00 bits per heavy atom. The molecule has 0 bridgehead atoms. The molecule has 0 saturated heterocycles. The van der Waals surface area contributed by atoms with Crippen molar-refractivity contribution < 1.29 is 9.15 Å². The van der Waals surface area contributed by atoms with Gasteiger partial charge in [0.15, 0.2) is 5.22 Å². The molecule has 0 aliphatic rings. The Kier molecular flexibility index (Phi) is 3.88. The molecule has 17 heavy (non-hydrogen) atoms. The summed E-state index contributed by atoms with van der Waals surface area (Å²) in [4.78, 5) is 4.14. The van der Waals surface area contributed by atoms with Gasteiger partial charge in [-0.05, 0) is 42.8 Å². The second-order valence-electron chi connectivity index (χ2n) is 3.35. The largest absolute Gasteiger partial charge is 0.476 e. The molecule has 1 N–H and O–H groups in total. The molecule has 0 unspecified atom stereocenters. The molecule has 0 radical (unpaired) electrons. The predicted molar refractivity (Wildman–Crippen MR) is 66.5 cm³/mol. The van der Waals surface area contributed by atoms with Crippen LogP contribution in [0.25, 0.3) is 0 Å². The summed E-state index contributed by atoms with van der Waals surface area (Å²) in [6, 6.07) is 7.29. The number of nitrogens with zero attached hydrogens (tertiary/aromatic N) is 1. The summed E-state index contributed by atoms with van der Waals surface area (Å²) in [6.45, 7) is 3.04. The molecular formula is C12H13ClN2O2. The second kappa shape index (κ2) is 5.59. The monoisotopic (exact) mass is 252 g/mol. The van der Waals surface area contributed by atoms with E-state index in [1.807, 2.05) is 25.1 Å². The highest BCUT2D eigenvalue weighted by Crippen LogP contribution is 2.22. The lowest BCUT2D eigenvalue weighted by atomic mass is 10.3. The van der Waals surface area contributed by atoms with Crippen molar-refractivity contribution in [3.8, 4) is 5.88 Å². The number of rotatable bonds is 5. The van der Waals surface area contributed by atoms with Crippen molar-refractivity contribution in [2.75, 3.05) is 11.9 Å². The zero-order chi connectivity index (χ0) is 12.1. The molecule has 2 aromatic rings. The highest BCUT2D eigenvalue weighted by atomic mass is 35.5. The van der Waals surface area contributed by atoms with Crippen molar-refractivity contribution in [2.24, 2.45) is 0 Å². The maximum Gasteiger partial charge on any atom is 0.237 e. The first-order valence-corrected chi connectivity index (χ1v) is 5.73. The first-order valence-electron chi connectivity index (χ1n) is 5.35. The third kappa shape index (κ3) is 3.14. The van der Waals surface area contributed by atoms with E-state index in [0.29, 0.717) is 24.3 Å². The fraction of sp³-hybridized carbons (Fsp3) is 0.250. The van der Waals surface area contributed by atoms with Crippen LogP contribution in [0.5, 0.6) is 5.88 Å². The third-order valence-corrected chi connectivity index (χ3v) is 2.34. The first kappa shape index (κ1) is 11.8. The summed E-state index contributed by atoms with van der Waals surface area (Å²) in [5.74, 6) is 1.36. The Hall–Kier alpha value is -1.68. The fourth-order valence-corrected chi connectivity index (χ4v) is 1.57. The van der Waals surface area contributed by atoms with Crippen LogP contribution in [0.3, 0.4) is 0 Å². The van der Waals surface area contributed by atoms with Crippen LogP contribution in [0.2, 0.25) is 5.22 Å². The average Bonchev–Trinajstić information content (AvgIpc) is 2.74. The quantitative estimate of drug-likeness (QED) is 0.887. The third-order valence-electron chi connectivity index (χ3n) is 2.13. The van der Waals surface area contributed by atoms with E-state index in [0.717, 1.165) is 11.4 Å². The normalized spacial score (nSPS) is 10.2. The second-order valence-corrected chi connectivity index (χ2v) is 3.72. The first-order chi connectivity index (χ1) is 8.29. The Balaban J connectivity index is 2.03. The number of halogens is 1. The van der Waals surface area contributed by atoms with Gasteiger partial charge in [0.2, 0.25) is 5.88 Å². The topological polar surface area (TPSA) is 47.3 Å². The molecule has 0 aliphatic carbocycles. The van der Waals surface area contributed by atoms with E-state index < -0.39 is 0 Å². The molecule has 90 valence electrons. The summed E-state index contributed by atoms with van der Waals surface area (Å²) >= 11 is 5.69. The minimum absolute atomic E-state index is 0.387. The highest BCUT2D eigenvalue weighted by molar-refractivity contribution is 6.28. The lowest BCUT2D eigenvalue weighted by Crippen LogP contribution is -2.03. The molecule has 2 aromatic heterocycles. The van der Waals surface area contributed by atoms with Gasteiger partial charge in [-0.1, -0.05) is 0 Å². The highest BCUT2D eigenvalue weighted by Gasteiger charge is 2.05. The number of anilines is 1. The van der Waals surface area contributed by atoms with Gasteiger partial charge in [0.05, 0.1) is 18.8 Å². The van der Waals surface area contributed by atoms with Gasteiger partial charge in [-0.3, -0.25) is 0 Å². The van der Waals surface area contributed by atoms with Crippen LogP contribution in [0.15, 0.2) is 34.9 Å². The van der Waals surface area contributed by atoms with Gasteiger partial charge in [-0.2, -0.15) is 0 Å². The van der Waals surface area contributed by atoms with Crippen LogP contribution < -0.4 is 10.1 Å². The van der Waals surface area contributed by atoms with Crippen LogP contribution >= 0.6 is 11.6 Å². The van der Waals surface area contributed by atoms with Gasteiger partial charge in [0, 0.05) is 6.20 Å². The summed E-state index contributed by atoms with van der Waals surface area (Å²) < 4.78 is 10.6. The van der Waals surface area contributed by atoms with Gasteiger partial charge in [0.25, 0.3) is 0 Å². The summed E-state index contributed by atoms with van der Waals surface area (Å²) in [5, 5.41) is 3.57. The van der Waals surface area contributed by atoms with Gasteiger partial charge in [0.1, 0.15) is 5.76 Å². The molecule has 2 heterocycles. The van der Waals surface area contributed by atoms with Gasteiger partial charge in [-0.15, -0.1) is 0 Å².